The lowest BCUT2D eigenvalue weighted by Gasteiger charge is -2.16. The van der Waals surface area contributed by atoms with Gasteiger partial charge in [0.05, 0.1) is 10.6 Å². The zero-order chi connectivity index (χ0) is 22.8. The van der Waals surface area contributed by atoms with Crippen LogP contribution in [0, 0.1) is 19.7 Å². The fraction of sp³-hybridized carbons (Fsp3) is 0.120. The second kappa shape index (κ2) is 9.57. The van der Waals surface area contributed by atoms with Crippen LogP contribution in [0.2, 0.25) is 0 Å². The molecule has 1 saturated heterocycles. The Morgan fingerprint density at radius 3 is 2.62 bits per heavy atom. The second-order valence-electron chi connectivity index (χ2n) is 7.35. The van der Waals surface area contributed by atoms with Crippen molar-refractivity contribution in [3.8, 4) is 5.75 Å². The van der Waals surface area contributed by atoms with Crippen LogP contribution in [0.25, 0.3) is 6.08 Å². The summed E-state index contributed by atoms with van der Waals surface area (Å²) in [5, 5.41) is 0. The lowest BCUT2D eigenvalue weighted by Crippen LogP contribution is -2.27. The van der Waals surface area contributed by atoms with E-state index in [1.165, 1.54) is 17.8 Å². The van der Waals surface area contributed by atoms with Gasteiger partial charge in [-0.05, 0) is 67.4 Å². The molecule has 0 bridgehead atoms. The van der Waals surface area contributed by atoms with Crippen molar-refractivity contribution in [2.24, 2.45) is 0 Å². The molecule has 0 aliphatic carbocycles. The third-order valence-electron chi connectivity index (χ3n) is 5.14. The average molecular weight is 528 g/mol. The van der Waals surface area contributed by atoms with E-state index in [1.807, 2.05) is 44.2 Å². The minimum atomic E-state index is -0.319. The van der Waals surface area contributed by atoms with Crippen LogP contribution in [-0.2, 0) is 11.4 Å². The van der Waals surface area contributed by atoms with Crippen LogP contribution < -0.4 is 9.64 Å². The van der Waals surface area contributed by atoms with E-state index in [4.69, 9.17) is 17.0 Å². The van der Waals surface area contributed by atoms with Gasteiger partial charge in [-0.3, -0.25) is 9.69 Å². The number of hydrogen-bond donors (Lipinski definition) is 0. The first-order chi connectivity index (χ1) is 15.3. The summed E-state index contributed by atoms with van der Waals surface area (Å²) in [6, 6.07) is 17.8. The van der Waals surface area contributed by atoms with E-state index >= 15 is 0 Å². The van der Waals surface area contributed by atoms with E-state index in [9.17, 15) is 9.18 Å². The Labute approximate surface area is 204 Å². The quantitative estimate of drug-likeness (QED) is 0.259. The van der Waals surface area contributed by atoms with Crippen molar-refractivity contribution >= 4 is 61.9 Å². The van der Waals surface area contributed by atoms with Gasteiger partial charge in [0, 0.05) is 15.6 Å². The number of thiocarbonyl (C=S) groups is 1. The first-order valence-electron chi connectivity index (χ1n) is 9.84. The summed E-state index contributed by atoms with van der Waals surface area (Å²) in [4.78, 5) is 15.2. The number of amides is 1. The Kier molecular flexibility index (Phi) is 6.79. The topological polar surface area (TPSA) is 29.5 Å². The number of halogens is 2. The maximum Gasteiger partial charge on any atom is 0.270 e. The SMILES string of the molecule is Cc1ccc(N2C(=O)/C(=C/c3cc(Br)ccc3OCc3ccccc3F)SC2=S)cc1C. The molecule has 0 saturated carbocycles. The van der Waals surface area contributed by atoms with Crippen LogP contribution in [0.4, 0.5) is 10.1 Å². The minimum Gasteiger partial charge on any atom is -0.488 e. The van der Waals surface area contributed by atoms with Gasteiger partial charge < -0.3 is 4.74 Å². The lowest BCUT2D eigenvalue weighted by atomic mass is 10.1. The highest BCUT2D eigenvalue weighted by atomic mass is 79.9. The highest BCUT2D eigenvalue weighted by molar-refractivity contribution is 9.10. The van der Waals surface area contributed by atoms with Crippen LogP contribution in [0.1, 0.15) is 22.3 Å². The fourth-order valence-corrected chi connectivity index (χ4v) is 4.90. The first-order valence-corrected chi connectivity index (χ1v) is 11.9. The highest BCUT2D eigenvalue weighted by Gasteiger charge is 2.33. The molecule has 0 aromatic heterocycles. The van der Waals surface area contributed by atoms with Gasteiger partial charge in [-0.25, -0.2) is 4.39 Å². The van der Waals surface area contributed by atoms with Crippen molar-refractivity contribution in [2.75, 3.05) is 4.90 Å². The number of carbonyl (C=O) groups is 1. The second-order valence-corrected chi connectivity index (χ2v) is 9.94. The molecule has 32 heavy (non-hydrogen) atoms. The summed E-state index contributed by atoms with van der Waals surface area (Å²) in [7, 11) is 0. The standard InChI is InChI=1S/C25H19BrFNO2S2/c1-15-7-9-20(11-16(15)2)28-24(29)23(32-25(28)31)13-18-12-19(26)8-10-22(18)30-14-17-5-3-4-6-21(17)27/h3-13H,14H2,1-2H3/b23-13-. The highest BCUT2D eigenvalue weighted by Crippen LogP contribution is 2.38. The molecule has 1 aliphatic heterocycles. The van der Waals surface area contributed by atoms with E-state index < -0.39 is 0 Å². The molecule has 0 N–H and O–H groups in total. The Bertz CT molecular complexity index is 1260. The Balaban J connectivity index is 1.62. The minimum absolute atomic E-state index is 0.0821. The predicted molar refractivity (Wildman–Crippen MR) is 136 cm³/mol. The molecule has 1 fully saturated rings. The largest absolute Gasteiger partial charge is 0.488 e. The number of rotatable bonds is 5. The van der Waals surface area contributed by atoms with Gasteiger partial charge in [0.15, 0.2) is 4.32 Å². The normalized spacial score (nSPS) is 15.0. The van der Waals surface area contributed by atoms with Crippen LogP contribution in [0.3, 0.4) is 0 Å². The molecule has 0 atom stereocenters. The maximum absolute atomic E-state index is 14.0. The molecule has 0 radical (unpaired) electrons. The number of benzene rings is 3. The van der Waals surface area contributed by atoms with Crippen molar-refractivity contribution in [3.63, 3.8) is 0 Å². The number of hydrogen-bond acceptors (Lipinski definition) is 4. The monoisotopic (exact) mass is 527 g/mol. The molecule has 7 heteroatoms. The van der Waals surface area contributed by atoms with Gasteiger partial charge in [0.25, 0.3) is 5.91 Å². The molecule has 1 amide bonds. The van der Waals surface area contributed by atoms with Gasteiger partial charge in [-0.1, -0.05) is 64.2 Å². The number of thioether (sulfide) groups is 1. The summed E-state index contributed by atoms with van der Waals surface area (Å²) in [5.41, 5.74) is 4.17. The first kappa shape index (κ1) is 22.7. The number of carbonyl (C=O) groups excluding carboxylic acids is 1. The van der Waals surface area contributed by atoms with E-state index in [0.717, 1.165) is 21.3 Å². The lowest BCUT2D eigenvalue weighted by molar-refractivity contribution is -0.113. The Morgan fingerprint density at radius 2 is 1.88 bits per heavy atom. The van der Waals surface area contributed by atoms with Gasteiger partial charge in [-0.15, -0.1) is 0 Å². The number of aryl methyl sites for hydroxylation is 2. The third kappa shape index (κ3) is 4.80. The Hall–Kier alpha value is -2.48. The molecule has 0 unspecified atom stereocenters. The third-order valence-corrected chi connectivity index (χ3v) is 6.94. The van der Waals surface area contributed by atoms with Crippen molar-refractivity contribution in [1.82, 2.24) is 0 Å². The van der Waals surface area contributed by atoms with Crippen molar-refractivity contribution < 1.29 is 13.9 Å². The number of ether oxygens (including phenoxy) is 1. The zero-order valence-electron chi connectivity index (χ0n) is 17.4. The van der Waals surface area contributed by atoms with Crippen molar-refractivity contribution in [1.29, 1.82) is 0 Å². The van der Waals surface area contributed by atoms with Crippen molar-refractivity contribution in [3.05, 3.63) is 98.1 Å². The van der Waals surface area contributed by atoms with E-state index in [-0.39, 0.29) is 18.3 Å². The molecule has 0 spiro atoms. The number of nitrogens with zero attached hydrogens (tertiary/aromatic N) is 1. The summed E-state index contributed by atoms with van der Waals surface area (Å²) < 4.78 is 21.2. The van der Waals surface area contributed by atoms with Gasteiger partial charge in [0.1, 0.15) is 18.2 Å². The van der Waals surface area contributed by atoms with Crippen LogP contribution >= 0.6 is 39.9 Å². The Morgan fingerprint density at radius 1 is 1.09 bits per heavy atom. The summed E-state index contributed by atoms with van der Waals surface area (Å²) in [6.07, 6.45) is 1.77. The number of anilines is 1. The van der Waals surface area contributed by atoms with E-state index in [1.54, 1.807) is 35.2 Å². The molecule has 1 heterocycles. The van der Waals surface area contributed by atoms with Crippen molar-refractivity contribution in [2.45, 2.75) is 20.5 Å². The van der Waals surface area contributed by atoms with E-state index in [0.29, 0.717) is 26.1 Å². The predicted octanol–water partition coefficient (Wildman–Crippen LogP) is 7.19. The average Bonchev–Trinajstić information content (AvgIpc) is 3.03. The van der Waals surface area contributed by atoms with Gasteiger partial charge >= 0.3 is 0 Å². The molecular formula is C25H19BrFNO2S2. The van der Waals surface area contributed by atoms with E-state index in [2.05, 4.69) is 15.9 Å². The molecule has 162 valence electrons. The zero-order valence-corrected chi connectivity index (χ0v) is 20.6. The van der Waals surface area contributed by atoms with Crippen LogP contribution in [0.15, 0.2) is 70.0 Å². The maximum atomic E-state index is 14.0. The smallest absolute Gasteiger partial charge is 0.270 e. The molecule has 3 aromatic carbocycles. The molecule has 3 aromatic rings. The molecular weight excluding hydrogens is 509 g/mol. The molecule has 1 aliphatic rings. The van der Waals surface area contributed by atoms with Crippen LogP contribution in [0.5, 0.6) is 5.75 Å². The summed E-state index contributed by atoms with van der Waals surface area (Å²) in [6.45, 7) is 4.12. The van der Waals surface area contributed by atoms with Crippen LogP contribution in [-0.4, -0.2) is 10.2 Å². The van der Waals surface area contributed by atoms with Gasteiger partial charge in [0.2, 0.25) is 0 Å². The molecule has 4 rings (SSSR count). The summed E-state index contributed by atoms with van der Waals surface area (Å²) in [5.74, 6) is 0.0524. The molecule has 3 nitrogen and oxygen atoms in total. The van der Waals surface area contributed by atoms with Gasteiger partial charge in [-0.2, -0.15) is 0 Å². The fourth-order valence-electron chi connectivity index (χ4n) is 3.23. The summed E-state index contributed by atoms with van der Waals surface area (Å²) >= 11 is 10.2.